The summed E-state index contributed by atoms with van der Waals surface area (Å²) in [6, 6.07) is 1.37. The normalized spacial score (nSPS) is 22.6. The first-order valence-corrected chi connectivity index (χ1v) is 7.82. The second kappa shape index (κ2) is 6.23. The fraction of sp³-hybridized carbons (Fsp3) is 0.933. The first kappa shape index (κ1) is 14.8. The molecule has 0 aromatic heterocycles. The predicted octanol–water partition coefficient (Wildman–Crippen LogP) is 2.09. The van der Waals surface area contributed by atoms with Crippen LogP contribution in [0.15, 0.2) is 0 Å². The Hall–Kier alpha value is -0.610. The summed E-state index contributed by atoms with van der Waals surface area (Å²) in [7, 11) is 0. The monoisotopic (exact) mass is 268 g/mol. The average molecular weight is 268 g/mol. The number of piperidine rings is 1. The van der Waals surface area contributed by atoms with Crippen LogP contribution in [-0.4, -0.2) is 47.7 Å². The zero-order chi connectivity index (χ0) is 13.9. The van der Waals surface area contributed by atoms with Crippen molar-refractivity contribution in [1.29, 1.82) is 0 Å². The van der Waals surface area contributed by atoms with E-state index in [1.54, 1.807) is 0 Å². The van der Waals surface area contributed by atoms with E-state index < -0.39 is 11.4 Å². The molecule has 1 aliphatic heterocycles. The van der Waals surface area contributed by atoms with Crippen LogP contribution in [-0.2, 0) is 4.79 Å². The molecule has 1 saturated heterocycles. The lowest BCUT2D eigenvalue weighted by Gasteiger charge is -2.35. The van der Waals surface area contributed by atoms with Gasteiger partial charge in [-0.25, -0.2) is 0 Å². The molecule has 1 aliphatic carbocycles. The molecule has 0 radical (unpaired) electrons. The van der Waals surface area contributed by atoms with E-state index in [0.29, 0.717) is 25.4 Å². The molecule has 4 nitrogen and oxygen atoms in total. The van der Waals surface area contributed by atoms with Crippen LogP contribution >= 0.6 is 0 Å². The highest BCUT2D eigenvalue weighted by atomic mass is 16.4. The van der Waals surface area contributed by atoms with Crippen molar-refractivity contribution in [3.8, 4) is 0 Å². The van der Waals surface area contributed by atoms with Gasteiger partial charge < -0.3 is 15.3 Å². The van der Waals surface area contributed by atoms with E-state index in [2.05, 4.69) is 10.2 Å². The van der Waals surface area contributed by atoms with E-state index in [-0.39, 0.29) is 0 Å². The molecule has 0 bridgehead atoms. The highest BCUT2D eigenvalue weighted by molar-refractivity contribution is 5.74. The van der Waals surface area contributed by atoms with Gasteiger partial charge in [0.2, 0.25) is 0 Å². The van der Waals surface area contributed by atoms with Crippen LogP contribution < -0.4 is 5.32 Å². The van der Waals surface area contributed by atoms with Gasteiger partial charge in [-0.3, -0.25) is 4.79 Å². The number of carboxylic acids is 1. The quantitative estimate of drug-likeness (QED) is 0.742. The van der Waals surface area contributed by atoms with Crippen molar-refractivity contribution in [2.24, 2.45) is 5.41 Å². The minimum Gasteiger partial charge on any atom is -0.481 e. The fourth-order valence-corrected chi connectivity index (χ4v) is 3.13. The second-order valence-corrected chi connectivity index (χ2v) is 6.21. The molecule has 0 spiro atoms. The maximum atomic E-state index is 11.5. The van der Waals surface area contributed by atoms with Gasteiger partial charge in [0.15, 0.2) is 0 Å². The first-order valence-electron chi connectivity index (χ1n) is 7.82. The summed E-state index contributed by atoms with van der Waals surface area (Å²) < 4.78 is 0. The molecule has 110 valence electrons. The number of hydrogen-bond donors (Lipinski definition) is 2. The molecule has 4 heteroatoms. The maximum absolute atomic E-state index is 11.5. The Labute approximate surface area is 116 Å². The third-order valence-corrected chi connectivity index (χ3v) is 5.13. The molecular weight excluding hydrogens is 240 g/mol. The predicted molar refractivity (Wildman–Crippen MR) is 76.3 cm³/mol. The number of aliphatic carboxylic acids is 1. The molecule has 0 aromatic rings. The molecule has 0 amide bonds. The molecule has 2 fully saturated rings. The van der Waals surface area contributed by atoms with Crippen LogP contribution in [0.3, 0.4) is 0 Å². The molecule has 0 aromatic carbocycles. The van der Waals surface area contributed by atoms with Crippen LogP contribution in [0, 0.1) is 5.41 Å². The van der Waals surface area contributed by atoms with Gasteiger partial charge in [0.05, 0.1) is 5.41 Å². The van der Waals surface area contributed by atoms with Gasteiger partial charge in [-0.05, 0) is 51.6 Å². The van der Waals surface area contributed by atoms with E-state index in [4.69, 9.17) is 0 Å². The van der Waals surface area contributed by atoms with Crippen molar-refractivity contribution in [1.82, 2.24) is 10.2 Å². The maximum Gasteiger partial charge on any atom is 0.310 e. The molecular formula is C15H28N2O2. The zero-order valence-electron chi connectivity index (χ0n) is 12.3. The van der Waals surface area contributed by atoms with Crippen molar-refractivity contribution in [2.45, 2.75) is 64.5 Å². The summed E-state index contributed by atoms with van der Waals surface area (Å²) in [4.78, 5) is 14.1. The minimum absolute atomic E-state index is 0.506. The topological polar surface area (TPSA) is 52.6 Å². The van der Waals surface area contributed by atoms with Crippen LogP contribution in [0.5, 0.6) is 0 Å². The number of rotatable bonds is 7. The third-order valence-electron chi connectivity index (χ3n) is 5.13. The summed E-state index contributed by atoms with van der Waals surface area (Å²) >= 11 is 0. The van der Waals surface area contributed by atoms with Crippen molar-refractivity contribution in [3.63, 3.8) is 0 Å². The van der Waals surface area contributed by atoms with Crippen molar-refractivity contribution in [2.75, 3.05) is 19.6 Å². The van der Waals surface area contributed by atoms with E-state index in [1.807, 2.05) is 13.8 Å². The fourth-order valence-electron chi connectivity index (χ4n) is 3.13. The molecule has 1 heterocycles. The summed E-state index contributed by atoms with van der Waals surface area (Å²) in [5, 5.41) is 12.9. The third kappa shape index (κ3) is 3.48. The number of likely N-dealkylation sites (tertiary alicyclic amines) is 1. The Morgan fingerprint density at radius 2 is 1.79 bits per heavy atom. The lowest BCUT2D eigenvalue weighted by molar-refractivity contribution is -0.149. The summed E-state index contributed by atoms with van der Waals surface area (Å²) in [6.07, 6.45) is 6.50. The summed E-state index contributed by atoms with van der Waals surface area (Å²) in [5.41, 5.74) is -0.576. The highest BCUT2D eigenvalue weighted by Crippen LogP contribution is 2.30. The Kier molecular flexibility index (Phi) is 4.85. The van der Waals surface area contributed by atoms with E-state index in [0.717, 1.165) is 6.04 Å². The zero-order valence-corrected chi connectivity index (χ0v) is 12.3. The van der Waals surface area contributed by atoms with Crippen LogP contribution in [0.4, 0.5) is 0 Å². The SMILES string of the molecule is CCC(CC)(CNC1CCN(C2CC2)CC1)C(=O)O. The Morgan fingerprint density at radius 3 is 2.21 bits per heavy atom. The number of nitrogens with zero attached hydrogens (tertiary/aromatic N) is 1. The molecule has 0 atom stereocenters. The number of carboxylic acid groups (broad SMARTS) is 1. The van der Waals surface area contributed by atoms with E-state index in [1.165, 1.54) is 38.8 Å². The van der Waals surface area contributed by atoms with Crippen molar-refractivity contribution in [3.05, 3.63) is 0 Å². The van der Waals surface area contributed by atoms with Gasteiger partial charge in [0.1, 0.15) is 0 Å². The molecule has 0 unspecified atom stereocenters. The van der Waals surface area contributed by atoms with Crippen molar-refractivity contribution >= 4 is 5.97 Å². The van der Waals surface area contributed by atoms with Gasteiger partial charge in [0.25, 0.3) is 0 Å². The summed E-state index contributed by atoms with van der Waals surface area (Å²) in [6.45, 7) is 6.94. The smallest absolute Gasteiger partial charge is 0.310 e. The number of carbonyl (C=O) groups is 1. The largest absolute Gasteiger partial charge is 0.481 e. The lowest BCUT2D eigenvalue weighted by Crippen LogP contribution is -2.48. The lowest BCUT2D eigenvalue weighted by atomic mass is 9.82. The van der Waals surface area contributed by atoms with Gasteiger partial charge in [-0.2, -0.15) is 0 Å². The molecule has 2 aliphatic rings. The van der Waals surface area contributed by atoms with Gasteiger partial charge >= 0.3 is 5.97 Å². The average Bonchev–Trinajstić information content (AvgIpc) is 3.25. The molecule has 1 saturated carbocycles. The highest BCUT2D eigenvalue weighted by Gasteiger charge is 2.36. The van der Waals surface area contributed by atoms with Crippen LogP contribution in [0.1, 0.15) is 52.4 Å². The number of hydrogen-bond acceptors (Lipinski definition) is 3. The molecule has 19 heavy (non-hydrogen) atoms. The second-order valence-electron chi connectivity index (χ2n) is 6.21. The summed E-state index contributed by atoms with van der Waals surface area (Å²) in [5.74, 6) is -0.652. The Bertz CT molecular complexity index is 303. The molecule has 2 rings (SSSR count). The van der Waals surface area contributed by atoms with Gasteiger partial charge in [-0.15, -0.1) is 0 Å². The van der Waals surface area contributed by atoms with Crippen LogP contribution in [0.2, 0.25) is 0 Å². The van der Waals surface area contributed by atoms with E-state index >= 15 is 0 Å². The Balaban J connectivity index is 1.76. The van der Waals surface area contributed by atoms with Crippen LogP contribution in [0.25, 0.3) is 0 Å². The minimum atomic E-state index is -0.652. The van der Waals surface area contributed by atoms with Gasteiger partial charge in [-0.1, -0.05) is 13.8 Å². The standard InChI is InChI=1S/C15H28N2O2/c1-3-15(4-2,14(18)19)11-16-12-7-9-17(10-8-12)13-5-6-13/h12-13,16H,3-11H2,1-2H3,(H,18,19). The van der Waals surface area contributed by atoms with Gasteiger partial charge in [0, 0.05) is 18.6 Å². The van der Waals surface area contributed by atoms with E-state index in [9.17, 15) is 9.90 Å². The Morgan fingerprint density at radius 1 is 1.21 bits per heavy atom. The number of nitrogens with one attached hydrogen (secondary N) is 1. The van der Waals surface area contributed by atoms with Crippen molar-refractivity contribution < 1.29 is 9.90 Å². The molecule has 2 N–H and O–H groups in total. The first-order chi connectivity index (χ1) is 9.11.